The molecule has 2 aromatic heterocycles. The maximum atomic E-state index is 13.4. The Morgan fingerprint density at radius 1 is 1.00 bits per heavy atom. The Morgan fingerprint density at radius 3 is 2.44 bits per heavy atom. The van der Waals surface area contributed by atoms with Crippen molar-refractivity contribution in [1.82, 2.24) is 19.7 Å². The van der Waals surface area contributed by atoms with E-state index in [1.54, 1.807) is 44.1 Å². The first-order valence-electron chi connectivity index (χ1n) is 10.8. The van der Waals surface area contributed by atoms with Crippen molar-refractivity contribution >= 4 is 17.9 Å². The van der Waals surface area contributed by atoms with E-state index in [4.69, 9.17) is 14.2 Å². The number of nitrogens with zero attached hydrogens (tertiary/aromatic N) is 5. The van der Waals surface area contributed by atoms with Crippen LogP contribution in [0.3, 0.4) is 0 Å². The van der Waals surface area contributed by atoms with Crippen molar-refractivity contribution < 1.29 is 18.6 Å². The molecule has 0 aliphatic heterocycles. The van der Waals surface area contributed by atoms with Gasteiger partial charge in [0.15, 0.2) is 5.82 Å². The van der Waals surface area contributed by atoms with Gasteiger partial charge in [-0.15, -0.1) is 10.2 Å². The quantitative estimate of drug-likeness (QED) is 0.243. The summed E-state index contributed by atoms with van der Waals surface area (Å²) < 4.78 is 35.0. The molecule has 0 aliphatic rings. The molecule has 0 atom stereocenters. The molecular formula is C25H23FN6O3S. The van der Waals surface area contributed by atoms with Gasteiger partial charge in [0.25, 0.3) is 0 Å². The smallest absolute Gasteiger partial charge is 0.239 e. The molecule has 1 N–H and O–H groups in total. The Balaban J connectivity index is 1.68. The van der Waals surface area contributed by atoms with Gasteiger partial charge in [-0.25, -0.2) is 9.37 Å². The molecule has 0 saturated carbocycles. The Morgan fingerprint density at radius 2 is 1.75 bits per heavy atom. The van der Waals surface area contributed by atoms with Gasteiger partial charge in [-0.3, -0.25) is 9.29 Å². The van der Waals surface area contributed by atoms with Gasteiger partial charge in [-0.05, 0) is 54.3 Å². The van der Waals surface area contributed by atoms with E-state index in [9.17, 15) is 9.65 Å². The lowest BCUT2D eigenvalue weighted by Gasteiger charge is -2.17. The Kier molecular flexibility index (Phi) is 7.87. The number of rotatable bonds is 10. The average Bonchev–Trinajstić information content (AvgIpc) is 3.34. The molecule has 9 nitrogen and oxygen atoms in total. The summed E-state index contributed by atoms with van der Waals surface area (Å²) in [6.07, 6.45) is 0.553. The van der Waals surface area contributed by atoms with Crippen molar-refractivity contribution in [2.45, 2.75) is 6.42 Å². The number of hydrogen-bond donors (Lipinski definition) is 1. The number of nitriles is 1. The van der Waals surface area contributed by atoms with Gasteiger partial charge in [0, 0.05) is 11.8 Å². The Hall–Kier alpha value is -4.30. The number of aryl methyl sites for hydroxylation is 1. The zero-order valence-electron chi connectivity index (χ0n) is 19.9. The van der Waals surface area contributed by atoms with Crippen LogP contribution in [0.25, 0.3) is 17.2 Å². The lowest BCUT2D eigenvalue weighted by atomic mass is 10.1. The van der Waals surface area contributed by atoms with E-state index in [0.29, 0.717) is 58.3 Å². The van der Waals surface area contributed by atoms with E-state index in [1.807, 2.05) is 30.3 Å². The number of pyridine rings is 1. The molecule has 0 saturated heterocycles. The van der Waals surface area contributed by atoms with Gasteiger partial charge in [-0.2, -0.15) is 5.26 Å². The van der Waals surface area contributed by atoms with E-state index >= 15 is 0 Å². The van der Waals surface area contributed by atoms with E-state index in [2.05, 4.69) is 19.9 Å². The van der Waals surface area contributed by atoms with Gasteiger partial charge >= 0.3 is 0 Å². The minimum Gasteiger partial charge on any atom is -0.494 e. The number of halogens is 1. The van der Waals surface area contributed by atoms with Gasteiger partial charge < -0.3 is 14.2 Å². The third kappa shape index (κ3) is 5.18. The van der Waals surface area contributed by atoms with Crippen LogP contribution in [0.4, 0.5) is 10.3 Å². The highest BCUT2D eigenvalue weighted by Crippen LogP contribution is 2.37. The first-order valence-corrected chi connectivity index (χ1v) is 11.8. The van der Waals surface area contributed by atoms with Crippen molar-refractivity contribution in [2.24, 2.45) is 0 Å². The fraction of sp³-hybridized carbons (Fsp3) is 0.200. The second-order valence-electron chi connectivity index (χ2n) is 7.37. The highest BCUT2D eigenvalue weighted by atomic mass is 32.2. The minimum atomic E-state index is -0.432. The molecule has 0 spiro atoms. The van der Waals surface area contributed by atoms with Crippen LogP contribution in [0.1, 0.15) is 11.1 Å². The van der Waals surface area contributed by atoms with Crippen LogP contribution in [0.5, 0.6) is 17.4 Å². The molecule has 36 heavy (non-hydrogen) atoms. The molecule has 0 bridgehead atoms. The summed E-state index contributed by atoms with van der Waals surface area (Å²) in [5.41, 5.74) is 2.23. The molecule has 4 rings (SSSR count). The Labute approximate surface area is 212 Å². The number of ether oxygens (including phenoxy) is 3. The Bertz CT molecular complexity index is 1380. The van der Waals surface area contributed by atoms with E-state index in [-0.39, 0.29) is 0 Å². The number of methoxy groups -OCH3 is 3. The molecule has 184 valence electrons. The number of para-hydroxylation sites is 1. The van der Waals surface area contributed by atoms with Crippen LogP contribution < -0.4 is 18.9 Å². The maximum absolute atomic E-state index is 13.4. The fourth-order valence-electron chi connectivity index (χ4n) is 3.58. The third-order valence-corrected chi connectivity index (χ3v) is 6.01. The molecular weight excluding hydrogens is 483 g/mol. The van der Waals surface area contributed by atoms with E-state index in [0.717, 1.165) is 5.56 Å². The standard InChI is InChI=1S/C25H23FN6O3S/c1-33-20-7-5-8-21(34-2)23(20)32-24(19-6-4-9-22(28-19)35-3)29-30-25(32)31-36-13-12-16-10-11-18(26)14-17(16)15-27/h4-11,14H,12-13H2,1-3H3,(H,30,31). The van der Waals surface area contributed by atoms with Crippen LogP contribution in [0.15, 0.2) is 54.6 Å². The molecule has 4 aromatic rings. The van der Waals surface area contributed by atoms with Crippen LogP contribution in [-0.4, -0.2) is 46.8 Å². The van der Waals surface area contributed by atoms with Crippen LogP contribution in [-0.2, 0) is 6.42 Å². The molecule has 0 unspecified atom stereocenters. The lowest BCUT2D eigenvalue weighted by Crippen LogP contribution is -2.07. The van der Waals surface area contributed by atoms with Crippen molar-refractivity contribution in [3.05, 3.63) is 71.5 Å². The maximum Gasteiger partial charge on any atom is 0.239 e. The lowest BCUT2D eigenvalue weighted by molar-refractivity contribution is 0.391. The SMILES string of the molecule is COc1cccc(-c2nnc(NSCCc3ccc(F)cc3C#N)n2-c2c(OC)cccc2OC)n1. The van der Waals surface area contributed by atoms with Crippen molar-refractivity contribution in [1.29, 1.82) is 5.26 Å². The second kappa shape index (κ2) is 11.4. The molecule has 0 aliphatic carbocycles. The minimum absolute atomic E-state index is 0.323. The fourth-order valence-corrected chi connectivity index (χ4v) is 4.27. The number of benzene rings is 2. The van der Waals surface area contributed by atoms with Crippen LogP contribution in [0.2, 0.25) is 0 Å². The summed E-state index contributed by atoms with van der Waals surface area (Å²) in [7, 11) is 4.69. The summed E-state index contributed by atoms with van der Waals surface area (Å²) in [6, 6.07) is 17.1. The molecule has 11 heteroatoms. The monoisotopic (exact) mass is 506 g/mol. The first kappa shape index (κ1) is 24.8. The van der Waals surface area contributed by atoms with Gasteiger partial charge in [0.05, 0.1) is 33.0 Å². The van der Waals surface area contributed by atoms with Crippen LogP contribution in [0, 0.1) is 17.1 Å². The zero-order chi connectivity index (χ0) is 25.5. The van der Waals surface area contributed by atoms with Crippen molar-refractivity contribution in [3.8, 4) is 40.7 Å². The number of hydrogen-bond acceptors (Lipinski definition) is 9. The third-order valence-electron chi connectivity index (χ3n) is 5.28. The molecule has 0 amide bonds. The second-order valence-corrected chi connectivity index (χ2v) is 8.27. The summed E-state index contributed by atoms with van der Waals surface area (Å²) in [6.45, 7) is 0. The van der Waals surface area contributed by atoms with Gasteiger partial charge in [0.2, 0.25) is 11.8 Å². The highest BCUT2D eigenvalue weighted by Gasteiger charge is 2.23. The predicted molar refractivity (Wildman–Crippen MR) is 135 cm³/mol. The number of nitrogens with one attached hydrogen (secondary N) is 1. The largest absolute Gasteiger partial charge is 0.494 e. The number of aromatic nitrogens is 4. The van der Waals surface area contributed by atoms with E-state index in [1.165, 1.54) is 24.1 Å². The van der Waals surface area contributed by atoms with E-state index < -0.39 is 5.82 Å². The van der Waals surface area contributed by atoms with Crippen molar-refractivity contribution in [2.75, 3.05) is 31.8 Å². The molecule has 0 radical (unpaired) electrons. The average molecular weight is 507 g/mol. The highest BCUT2D eigenvalue weighted by molar-refractivity contribution is 8.00. The normalized spacial score (nSPS) is 10.5. The topological polar surface area (TPSA) is 107 Å². The first-order chi connectivity index (χ1) is 17.6. The summed E-state index contributed by atoms with van der Waals surface area (Å²) in [4.78, 5) is 4.51. The summed E-state index contributed by atoms with van der Waals surface area (Å²) in [5.74, 6) is 2.56. The zero-order valence-corrected chi connectivity index (χ0v) is 20.7. The molecule has 2 heterocycles. The van der Waals surface area contributed by atoms with Gasteiger partial charge in [-0.1, -0.05) is 18.2 Å². The predicted octanol–water partition coefficient (Wildman–Crippen LogP) is 4.67. The molecule has 0 fully saturated rings. The number of anilines is 1. The van der Waals surface area contributed by atoms with Crippen molar-refractivity contribution in [3.63, 3.8) is 0 Å². The van der Waals surface area contributed by atoms with Crippen LogP contribution >= 0.6 is 11.9 Å². The summed E-state index contributed by atoms with van der Waals surface area (Å²) in [5, 5.41) is 18.0. The molecule has 2 aromatic carbocycles. The van der Waals surface area contributed by atoms with Gasteiger partial charge in [0.1, 0.15) is 28.7 Å². The summed E-state index contributed by atoms with van der Waals surface area (Å²) >= 11 is 1.37.